The second kappa shape index (κ2) is 8.61. The highest BCUT2D eigenvalue weighted by Crippen LogP contribution is 2.34. The van der Waals surface area contributed by atoms with Crippen molar-refractivity contribution in [2.75, 3.05) is 30.9 Å². The highest BCUT2D eigenvalue weighted by atomic mass is 19.1. The van der Waals surface area contributed by atoms with E-state index in [0.29, 0.717) is 41.8 Å². The number of benzene rings is 2. The molecule has 5 rings (SSSR count). The van der Waals surface area contributed by atoms with Gasteiger partial charge in [-0.3, -0.25) is 9.89 Å². The topological polar surface area (TPSA) is 126 Å². The number of amides is 1. The van der Waals surface area contributed by atoms with Gasteiger partial charge in [-0.2, -0.15) is 10.1 Å². The van der Waals surface area contributed by atoms with Crippen molar-refractivity contribution in [2.24, 2.45) is 0 Å². The van der Waals surface area contributed by atoms with Crippen LogP contribution in [0.1, 0.15) is 5.69 Å². The number of fused-ring (bicyclic) bond motifs is 2. The molecule has 0 bridgehead atoms. The van der Waals surface area contributed by atoms with E-state index in [4.69, 9.17) is 9.47 Å². The number of nitrogens with one attached hydrogen (secondary N) is 4. The van der Waals surface area contributed by atoms with Gasteiger partial charge in [0.1, 0.15) is 13.2 Å². The molecule has 1 amide bonds. The zero-order chi connectivity index (χ0) is 22.8. The van der Waals surface area contributed by atoms with Crippen LogP contribution >= 0.6 is 0 Å². The van der Waals surface area contributed by atoms with Gasteiger partial charge in [0.05, 0.1) is 23.8 Å². The standard InChI is InChI=1S/C22H20FN7O3/c1-24-20(31)10-17-14-8-12(2-4-16(14)29-30-17)27-22-25-11-15(23)21(28-22)26-13-3-5-18-19(9-13)33-7-6-32-18/h2-5,8-9,11H,6-7,10H2,1H3,(H,24,31)(H,29,30)(H2,25,26,27,28). The Morgan fingerprint density at radius 2 is 1.88 bits per heavy atom. The SMILES string of the molecule is CNC(=O)Cc1[nH]nc2ccc(Nc3ncc(F)c(Nc4ccc5c(c4)OCCO5)n3)cc12. The van der Waals surface area contributed by atoms with Gasteiger partial charge in [0.15, 0.2) is 23.1 Å². The molecule has 0 unspecified atom stereocenters. The summed E-state index contributed by atoms with van der Waals surface area (Å²) in [6, 6.07) is 10.7. The summed E-state index contributed by atoms with van der Waals surface area (Å²) in [6.07, 6.45) is 1.26. The van der Waals surface area contributed by atoms with Gasteiger partial charge in [-0.15, -0.1) is 0 Å². The Hall–Kier alpha value is -4.41. The number of nitrogens with zero attached hydrogens (tertiary/aromatic N) is 3. The Labute approximate surface area is 187 Å². The molecule has 0 atom stereocenters. The highest BCUT2D eigenvalue weighted by molar-refractivity contribution is 5.89. The number of carbonyl (C=O) groups excluding carboxylic acids is 1. The first-order chi connectivity index (χ1) is 16.1. The summed E-state index contributed by atoms with van der Waals surface area (Å²) < 4.78 is 25.5. The Bertz CT molecular complexity index is 1340. The van der Waals surface area contributed by atoms with E-state index >= 15 is 0 Å². The van der Waals surface area contributed by atoms with Crippen LogP contribution in [0, 0.1) is 5.82 Å². The van der Waals surface area contributed by atoms with Crippen LogP contribution in [-0.4, -0.2) is 46.3 Å². The molecular formula is C22H20FN7O3. The molecule has 4 N–H and O–H groups in total. The van der Waals surface area contributed by atoms with Crippen LogP contribution in [0.25, 0.3) is 10.9 Å². The normalized spacial score (nSPS) is 12.4. The van der Waals surface area contributed by atoms with Gasteiger partial charge in [-0.1, -0.05) is 0 Å². The summed E-state index contributed by atoms with van der Waals surface area (Å²) in [4.78, 5) is 20.0. The van der Waals surface area contributed by atoms with Crippen LogP contribution in [0.15, 0.2) is 42.6 Å². The molecule has 0 fully saturated rings. The minimum absolute atomic E-state index is 0.00822. The van der Waals surface area contributed by atoms with Crippen LogP contribution in [0.5, 0.6) is 11.5 Å². The van der Waals surface area contributed by atoms with Crippen LogP contribution in [0.3, 0.4) is 0 Å². The Morgan fingerprint density at radius 3 is 2.73 bits per heavy atom. The quantitative estimate of drug-likeness (QED) is 0.354. The van der Waals surface area contributed by atoms with Crippen LogP contribution in [0.4, 0.5) is 27.5 Å². The van der Waals surface area contributed by atoms with E-state index in [0.717, 1.165) is 17.1 Å². The minimum atomic E-state index is -0.603. The van der Waals surface area contributed by atoms with E-state index in [1.807, 2.05) is 6.07 Å². The summed E-state index contributed by atoms with van der Waals surface area (Å²) in [5.74, 6) is 0.702. The molecule has 0 aliphatic carbocycles. The summed E-state index contributed by atoms with van der Waals surface area (Å²) in [7, 11) is 1.58. The first-order valence-corrected chi connectivity index (χ1v) is 10.2. The molecule has 0 spiro atoms. The van der Waals surface area contributed by atoms with Gasteiger partial charge in [0, 0.05) is 29.9 Å². The van der Waals surface area contributed by atoms with Crippen molar-refractivity contribution >= 4 is 40.0 Å². The molecule has 2 aromatic carbocycles. The van der Waals surface area contributed by atoms with Crippen molar-refractivity contribution < 1.29 is 18.7 Å². The van der Waals surface area contributed by atoms with Gasteiger partial charge < -0.3 is 25.4 Å². The van der Waals surface area contributed by atoms with Crippen LogP contribution in [-0.2, 0) is 11.2 Å². The lowest BCUT2D eigenvalue weighted by atomic mass is 10.1. The summed E-state index contributed by atoms with van der Waals surface area (Å²) >= 11 is 0. The second-order valence-corrected chi connectivity index (χ2v) is 7.28. The van der Waals surface area contributed by atoms with Crippen molar-refractivity contribution in [3.05, 3.63) is 54.1 Å². The molecule has 10 nitrogen and oxygen atoms in total. The zero-order valence-corrected chi connectivity index (χ0v) is 17.6. The summed E-state index contributed by atoms with van der Waals surface area (Å²) in [5, 5.41) is 16.5. The van der Waals surface area contributed by atoms with Crippen LogP contribution in [0.2, 0.25) is 0 Å². The number of hydrogen-bond donors (Lipinski definition) is 4. The molecule has 33 heavy (non-hydrogen) atoms. The first kappa shape index (κ1) is 20.5. The molecule has 11 heteroatoms. The van der Waals surface area contributed by atoms with E-state index in [1.165, 1.54) is 0 Å². The third-order valence-corrected chi connectivity index (χ3v) is 5.05. The zero-order valence-electron chi connectivity index (χ0n) is 17.6. The van der Waals surface area contributed by atoms with Gasteiger partial charge in [-0.25, -0.2) is 9.37 Å². The first-order valence-electron chi connectivity index (χ1n) is 10.2. The number of likely N-dealkylation sites (N-methyl/N-ethyl adjacent to an activating group) is 1. The maximum atomic E-state index is 14.4. The number of rotatable bonds is 6. The summed E-state index contributed by atoms with van der Waals surface area (Å²) in [5.41, 5.74) is 2.68. The molecule has 0 saturated carbocycles. The monoisotopic (exact) mass is 449 g/mol. The fourth-order valence-electron chi connectivity index (χ4n) is 3.43. The average Bonchev–Trinajstić information content (AvgIpc) is 3.23. The number of H-pyrrole nitrogens is 1. The lowest BCUT2D eigenvalue weighted by Crippen LogP contribution is -2.20. The number of hydrogen-bond acceptors (Lipinski definition) is 8. The predicted molar refractivity (Wildman–Crippen MR) is 120 cm³/mol. The highest BCUT2D eigenvalue weighted by Gasteiger charge is 2.14. The van der Waals surface area contributed by atoms with Gasteiger partial charge in [0.25, 0.3) is 0 Å². The predicted octanol–water partition coefficient (Wildman–Crippen LogP) is 3.04. The maximum absolute atomic E-state index is 14.4. The average molecular weight is 449 g/mol. The number of carbonyl (C=O) groups is 1. The maximum Gasteiger partial charge on any atom is 0.229 e. The Balaban J connectivity index is 1.37. The minimum Gasteiger partial charge on any atom is -0.486 e. The largest absolute Gasteiger partial charge is 0.486 e. The molecule has 4 aromatic rings. The van der Waals surface area contributed by atoms with E-state index in [1.54, 1.807) is 37.4 Å². The third-order valence-electron chi connectivity index (χ3n) is 5.05. The fraction of sp³-hybridized carbons (Fsp3) is 0.182. The van der Waals surface area contributed by atoms with E-state index in [-0.39, 0.29) is 24.1 Å². The van der Waals surface area contributed by atoms with E-state index in [9.17, 15) is 9.18 Å². The summed E-state index contributed by atoms with van der Waals surface area (Å²) in [6.45, 7) is 0.950. The third kappa shape index (κ3) is 4.33. The molecule has 1 aliphatic heterocycles. The number of ether oxygens (including phenoxy) is 2. The van der Waals surface area contributed by atoms with Gasteiger partial charge in [-0.05, 0) is 30.3 Å². The van der Waals surface area contributed by atoms with Gasteiger partial charge >= 0.3 is 0 Å². The molecular weight excluding hydrogens is 429 g/mol. The molecule has 0 saturated heterocycles. The number of anilines is 4. The lowest BCUT2D eigenvalue weighted by molar-refractivity contribution is -0.119. The second-order valence-electron chi connectivity index (χ2n) is 7.28. The molecule has 2 aromatic heterocycles. The number of aromatic nitrogens is 4. The van der Waals surface area contributed by atoms with Crippen molar-refractivity contribution in [1.29, 1.82) is 0 Å². The van der Waals surface area contributed by atoms with Crippen molar-refractivity contribution in [2.45, 2.75) is 6.42 Å². The Morgan fingerprint density at radius 1 is 1.09 bits per heavy atom. The van der Waals surface area contributed by atoms with E-state index < -0.39 is 5.82 Å². The molecule has 0 radical (unpaired) electrons. The Kier molecular flexibility index (Phi) is 5.35. The van der Waals surface area contributed by atoms with Crippen molar-refractivity contribution in [3.63, 3.8) is 0 Å². The lowest BCUT2D eigenvalue weighted by Gasteiger charge is -2.19. The molecule has 168 valence electrons. The fourth-order valence-corrected chi connectivity index (χ4v) is 3.43. The van der Waals surface area contributed by atoms with Gasteiger partial charge in [0.2, 0.25) is 11.9 Å². The smallest absolute Gasteiger partial charge is 0.229 e. The van der Waals surface area contributed by atoms with E-state index in [2.05, 4.69) is 36.1 Å². The van der Waals surface area contributed by atoms with Crippen LogP contribution < -0.4 is 25.4 Å². The number of halogens is 1. The number of aromatic amines is 1. The van der Waals surface area contributed by atoms with Crippen molar-refractivity contribution in [3.8, 4) is 11.5 Å². The molecule has 1 aliphatic rings. The molecule has 3 heterocycles. The van der Waals surface area contributed by atoms with Crippen molar-refractivity contribution in [1.82, 2.24) is 25.5 Å².